The Morgan fingerprint density at radius 2 is 1.52 bits per heavy atom. The standard InChI is InChI=1S/C23H21NO/c25-22(21-9-4-5-16-24-21)23(14-6-15-23)20-12-10-19(11-13-20)17-18-7-2-1-3-8-18/h1-5,7-13,16H,6,14-15,17H2. The van der Waals surface area contributed by atoms with E-state index in [0.717, 1.165) is 31.2 Å². The Bertz CT molecular complexity index is 850. The van der Waals surface area contributed by atoms with E-state index in [1.807, 2.05) is 24.3 Å². The van der Waals surface area contributed by atoms with Crippen molar-refractivity contribution in [2.45, 2.75) is 31.1 Å². The quantitative estimate of drug-likeness (QED) is 0.619. The van der Waals surface area contributed by atoms with E-state index in [1.165, 1.54) is 11.1 Å². The van der Waals surface area contributed by atoms with Crippen molar-refractivity contribution in [3.8, 4) is 0 Å². The molecule has 0 radical (unpaired) electrons. The van der Waals surface area contributed by atoms with Gasteiger partial charge >= 0.3 is 0 Å². The maximum absolute atomic E-state index is 13.1. The molecule has 2 heteroatoms. The molecule has 2 nitrogen and oxygen atoms in total. The second-order valence-corrected chi connectivity index (χ2v) is 6.84. The van der Waals surface area contributed by atoms with Gasteiger partial charge in [-0.1, -0.05) is 67.1 Å². The van der Waals surface area contributed by atoms with Crippen molar-refractivity contribution in [1.82, 2.24) is 4.98 Å². The molecule has 0 amide bonds. The smallest absolute Gasteiger partial charge is 0.191 e. The lowest BCUT2D eigenvalue weighted by Gasteiger charge is -2.40. The Hall–Kier alpha value is -2.74. The van der Waals surface area contributed by atoms with Gasteiger partial charge in [0.15, 0.2) is 5.78 Å². The normalized spacial score (nSPS) is 15.4. The van der Waals surface area contributed by atoms with E-state index in [0.29, 0.717) is 5.69 Å². The number of carbonyl (C=O) groups excluding carboxylic acids is 1. The van der Waals surface area contributed by atoms with Gasteiger partial charge in [-0.05, 0) is 48.1 Å². The van der Waals surface area contributed by atoms with Crippen LogP contribution in [0.2, 0.25) is 0 Å². The van der Waals surface area contributed by atoms with Gasteiger partial charge in [-0.3, -0.25) is 9.78 Å². The van der Waals surface area contributed by atoms with Crippen molar-refractivity contribution < 1.29 is 4.79 Å². The van der Waals surface area contributed by atoms with Crippen LogP contribution in [-0.4, -0.2) is 10.8 Å². The molecule has 1 aromatic heterocycles. The number of pyridine rings is 1. The van der Waals surface area contributed by atoms with Gasteiger partial charge in [0, 0.05) is 6.20 Å². The highest BCUT2D eigenvalue weighted by atomic mass is 16.1. The van der Waals surface area contributed by atoms with E-state index >= 15 is 0 Å². The van der Waals surface area contributed by atoms with E-state index < -0.39 is 0 Å². The summed E-state index contributed by atoms with van der Waals surface area (Å²) in [6.45, 7) is 0. The van der Waals surface area contributed by atoms with Crippen LogP contribution >= 0.6 is 0 Å². The lowest BCUT2D eigenvalue weighted by Crippen LogP contribution is -2.42. The Morgan fingerprint density at radius 3 is 2.12 bits per heavy atom. The highest BCUT2D eigenvalue weighted by Crippen LogP contribution is 2.46. The van der Waals surface area contributed by atoms with Crippen LogP contribution in [0.3, 0.4) is 0 Å². The number of rotatable bonds is 5. The van der Waals surface area contributed by atoms with Crippen LogP contribution < -0.4 is 0 Å². The highest BCUT2D eigenvalue weighted by Gasteiger charge is 2.46. The molecule has 1 fully saturated rings. The van der Waals surface area contributed by atoms with Crippen LogP contribution in [0.1, 0.15) is 46.4 Å². The summed E-state index contributed by atoms with van der Waals surface area (Å²) in [6.07, 6.45) is 5.55. The first-order chi connectivity index (χ1) is 12.3. The van der Waals surface area contributed by atoms with Crippen molar-refractivity contribution in [3.63, 3.8) is 0 Å². The Labute approximate surface area is 148 Å². The maximum atomic E-state index is 13.1. The summed E-state index contributed by atoms with van der Waals surface area (Å²) >= 11 is 0. The fourth-order valence-corrected chi connectivity index (χ4v) is 3.69. The number of hydrogen-bond donors (Lipinski definition) is 0. The molecule has 0 spiro atoms. The third-order valence-electron chi connectivity index (χ3n) is 5.30. The van der Waals surface area contributed by atoms with Gasteiger partial charge in [0.1, 0.15) is 5.69 Å². The fraction of sp³-hybridized carbons (Fsp3) is 0.217. The van der Waals surface area contributed by atoms with Gasteiger partial charge in [-0.15, -0.1) is 0 Å². The van der Waals surface area contributed by atoms with Crippen molar-refractivity contribution >= 4 is 5.78 Å². The van der Waals surface area contributed by atoms with Crippen LogP contribution in [0.4, 0.5) is 0 Å². The third-order valence-corrected chi connectivity index (χ3v) is 5.30. The van der Waals surface area contributed by atoms with Crippen LogP contribution in [0.5, 0.6) is 0 Å². The second kappa shape index (κ2) is 6.64. The Morgan fingerprint density at radius 1 is 0.840 bits per heavy atom. The number of carbonyl (C=O) groups is 1. The summed E-state index contributed by atoms with van der Waals surface area (Å²) in [5.74, 6) is 0.162. The molecule has 0 saturated heterocycles. The molecule has 0 bridgehead atoms. The number of nitrogens with zero attached hydrogens (tertiary/aromatic N) is 1. The fourth-order valence-electron chi connectivity index (χ4n) is 3.69. The summed E-state index contributed by atoms with van der Waals surface area (Å²) in [5, 5.41) is 0. The number of aromatic nitrogens is 1. The molecule has 1 aliphatic rings. The van der Waals surface area contributed by atoms with Crippen molar-refractivity contribution in [2.24, 2.45) is 0 Å². The molecule has 4 rings (SSSR count). The summed E-state index contributed by atoms with van der Waals surface area (Å²) in [6, 6.07) is 24.6. The van der Waals surface area contributed by atoms with E-state index in [1.54, 1.807) is 6.20 Å². The minimum absolute atomic E-state index is 0.162. The van der Waals surface area contributed by atoms with Crippen molar-refractivity contribution in [2.75, 3.05) is 0 Å². The summed E-state index contributed by atoms with van der Waals surface area (Å²) in [7, 11) is 0. The molecule has 0 N–H and O–H groups in total. The van der Waals surface area contributed by atoms with Crippen LogP contribution in [0, 0.1) is 0 Å². The second-order valence-electron chi connectivity index (χ2n) is 6.84. The molecule has 1 heterocycles. The number of ketones is 1. The minimum Gasteiger partial charge on any atom is -0.291 e. The molecular formula is C23H21NO. The Kier molecular flexibility index (Phi) is 4.19. The molecule has 124 valence electrons. The van der Waals surface area contributed by atoms with E-state index in [2.05, 4.69) is 53.5 Å². The van der Waals surface area contributed by atoms with E-state index in [4.69, 9.17) is 0 Å². The monoisotopic (exact) mass is 327 g/mol. The molecule has 1 aliphatic carbocycles. The summed E-state index contributed by atoms with van der Waals surface area (Å²) < 4.78 is 0. The first-order valence-electron chi connectivity index (χ1n) is 8.87. The van der Waals surface area contributed by atoms with Gasteiger partial charge in [0.2, 0.25) is 0 Å². The van der Waals surface area contributed by atoms with E-state index in [-0.39, 0.29) is 11.2 Å². The van der Waals surface area contributed by atoms with Crippen molar-refractivity contribution in [3.05, 3.63) is 101 Å². The molecular weight excluding hydrogens is 306 g/mol. The molecule has 25 heavy (non-hydrogen) atoms. The largest absolute Gasteiger partial charge is 0.291 e. The number of Topliss-reactive ketones (excluding diaryl/α,β-unsaturated/α-hetero) is 1. The predicted octanol–water partition coefficient (Wildman–Crippen LogP) is 4.98. The Balaban J connectivity index is 1.59. The number of hydrogen-bond acceptors (Lipinski definition) is 2. The van der Waals surface area contributed by atoms with Gasteiger partial charge in [-0.25, -0.2) is 0 Å². The van der Waals surface area contributed by atoms with Gasteiger partial charge in [0.05, 0.1) is 5.41 Å². The van der Waals surface area contributed by atoms with Gasteiger partial charge < -0.3 is 0 Å². The van der Waals surface area contributed by atoms with Gasteiger partial charge in [0.25, 0.3) is 0 Å². The lowest BCUT2D eigenvalue weighted by atomic mass is 9.61. The molecule has 2 aromatic carbocycles. The maximum Gasteiger partial charge on any atom is 0.191 e. The molecule has 3 aromatic rings. The first-order valence-corrected chi connectivity index (χ1v) is 8.87. The van der Waals surface area contributed by atoms with Crippen LogP contribution in [0.15, 0.2) is 79.0 Å². The van der Waals surface area contributed by atoms with Gasteiger partial charge in [-0.2, -0.15) is 0 Å². The molecule has 0 unspecified atom stereocenters. The average molecular weight is 327 g/mol. The SMILES string of the molecule is O=C(c1ccccn1)C1(c2ccc(Cc3ccccc3)cc2)CCC1. The average Bonchev–Trinajstić information content (AvgIpc) is 2.64. The number of benzene rings is 2. The minimum atomic E-state index is -0.375. The molecule has 0 aliphatic heterocycles. The summed E-state index contributed by atoms with van der Waals surface area (Å²) in [5.41, 5.74) is 3.91. The van der Waals surface area contributed by atoms with E-state index in [9.17, 15) is 4.79 Å². The molecule has 0 atom stereocenters. The van der Waals surface area contributed by atoms with Crippen LogP contribution in [0.25, 0.3) is 0 Å². The summed E-state index contributed by atoms with van der Waals surface area (Å²) in [4.78, 5) is 17.3. The first kappa shape index (κ1) is 15.8. The topological polar surface area (TPSA) is 30.0 Å². The zero-order chi connectivity index (χ0) is 17.1. The predicted molar refractivity (Wildman–Crippen MR) is 99.8 cm³/mol. The third kappa shape index (κ3) is 3.00. The molecule has 1 saturated carbocycles. The zero-order valence-corrected chi connectivity index (χ0v) is 14.2. The zero-order valence-electron chi connectivity index (χ0n) is 14.2. The van der Waals surface area contributed by atoms with Crippen molar-refractivity contribution in [1.29, 1.82) is 0 Å². The lowest BCUT2D eigenvalue weighted by molar-refractivity contribution is 0.0783. The van der Waals surface area contributed by atoms with Crippen LogP contribution in [-0.2, 0) is 11.8 Å². The highest BCUT2D eigenvalue weighted by molar-refractivity contribution is 6.03.